The van der Waals surface area contributed by atoms with Gasteiger partial charge in [-0.3, -0.25) is 0 Å². The van der Waals surface area contributed by atoms with Gasteiger partial charge >= 0.3 is 49.4 Å². The molecule has 0 rings (SSSR count). The molecule has 0 aliphatic rings. The summed E-state index contributed by atoms with van der Waals surface area (Å²) in [6.45, 7) is 0. The first kappa shape index (κ1) is 5.49. The van der Waals surface area contributed by atoms with Crippen molar-refractivity contribution in [2.75, 3.05) is 0 Å². The molecule has 0 aliphatic heterocycles. The second-order valence-corrected chi connectivity index (χ2v) is 1.91. The molecule has 0 saturated carbocycles. The van der Waals surface area contributed by atoms with E-state index in [1.807, 2.05) is 0 Å². The summed E-state index contributed by atoms with van der Waals surface area (Å²) in [5.41, 5.74) is 0. The molecule has 0 aliphatic carbocycles. The topological polar surface area (TPSA) is 23.8 Å². The van der Waals surface area contributed by atoms with Crippen LogP contribution in [0.2, 0.25) is 3.67 Å². The minimum absolute atomic E-state index is 0.756. The molecule has 1 nitrogen and oxygen atoms in total. The molecular weight excluding hydrogens is 73.0 g/mol. The van der Waals surface area contributed by atoms with E-state index in [1.165, 1.54) is 27.9 Å². The van der Waals surface area contributed by atoms with Crippen molar-refractivity contribution in [3.05, 3.63) is 0 Å². The fraction of sp³-hybridized carbons (Fsp3) is 0.667. The SMILES string of the molecule is N#CC[CH2][Na]. The van der Waals surface area contributed by atoms with Crippen molar-refractivity contribution >= 4 is 27.9 Å². The molecule has 0 fully saturated rings. The van der Waals surface area contributed by atoms with Crippen molar-refractivity contribution in [2.45, 2.75) is 10.1 Å². The van der Waals surface area contributed by atoms with Gasteiger partial charge in [0.05, 0.1) is 0 Å². The third-order valence-corrected chi connectivity index (χ3v) is 0.862. The monoisotopic (exact) mass is 77.0 g/mol. The molecule has 0 aromatic rings. The molecule has 0 heterocycles. The number of rotatable bonds is 1. The molecule has 5 heavy (non-hydrogen) atoms. The zero-order valence-electron chi connectivity index (χ0n) is 3.36. The van der Waals surface area contributed by atoms with Crippen molar-refractivity contribution in [3.8, 4) is 6.07 Å². The summed E-state index contributed by atoms with van der Waals surface area (Å²) in [7, 11) is 0. The van der Waals surface area contributed by atoms with E-state index in [1.54, 1.807) is 0 Å². The molecule has 0 unspecified atom stereocenters. The van der Waals surface area contributed by atoms with E-state index >= 15 is 0 Å². The summed E-state index contributed by atoms with van der Waals surface area (Å²) in [4.78, 5) is 0. The minimum atomic E-state index is 0.756. The van der Waals surface area contributed by atoms with Crippen molar-refractivity contribution in [2.24, 2.45) is 0 Å². The molecule has 2 heteroatoms. The molecular formula is C3H4NNa. The quantitative estimate of drug-likeness (QED) is 0.418. The van der Waals surface area contributed by atoms with Gasteiger partial charge in [-0.25, -0.2) is 0 Å². The first-order chi connectivity index (χ1) is 2.41. The molecule has 0 aromatic carbocycles. The van der Waals surface area contributed by atoms with Crippen LogP contribution in [0.25, 0.3) is 0 Å². The van der Waals surface area contributed by atoms with Crippen molar-refractivity contribution in [3.63, 3.8) is 0 Å². The van der Waals surface area contributed by atoms with Gasteiger partial charge in [-0.05, 0) is 0 Å². The van der Waals surface area contributed by atoms with Crippen LogP contribution in [0.15, 0.2) is 0 Å². The molecule has 0 bridgehead atoms. The molecule has 0 radical (unpaired) electrons. The van der Waals surface area contributed by atoms with Gasteiger partial charge in [-0.1, -0.05) is 0 Å². The summed E-state index contributed by atoms with van der Waals surface area (Å²) in [5.74, 6) is 0. The Morgan fingerprint density at radius 2 is 2.40 bits per heavy atom. The maximum absolute atomic E-state index is 7.84. The zero-order chi connectivity index (χ0) is 4.12. The summed E-state index contributed by atoms with van der Waals surface area (Å²) in [5, 5.41) is 7.84. The fourth-order valence-electron chi connectivity index (χ4n) is 0.112. The Balaban J connectivity index is 2.48. The Morgan fingerprint density at radius 3 is 2.40 bits per heavy atom. The fourth-order valence-corrected chi connectivity index (χ4v) is 0.335. The van der Waals surface area contributed by atoms with Crippen molar-refractivity contribution < 1.29 is 0 Å². The summed E-state index contributed by atoms with van der Waals surface area (Å²) in [6.07, 6.45) is 0.756. The Bertz CT molecular complexity index is 45.3. The van der Waals surface area contributed by atoms with Gasteiger partial charge < -0.3 is 0 Å². The summed E-state index contributed by atoms with van der Waals surface area (Å²) >= 11 is 1.18. The van der Waals surface area contributed by atoms with E-state index in [2.05, 4.69) is 6.07 Å². The number of hydrogen-bond donors (Lipinski definition) is 0. The van der Waals surface area contributed by atoms with Gasteiger partial charge in [0.15, 0.2) is 0 Å². The first-order valence-corrected chi connectivity index (χ1v) is 3.20. The van der Waals surface area contributed by atoms with E-state index in [0.717, 1.165) is 10.1 Å². The van der Waals surface area contributed by atoms with Gasteiger partial charge in [0.25, 0.3) is 0 Å². The van der Waals surface area contributed by atoms with Crippen LogP contribution >= 0.6 is 0 Å². The number of nitrogens with zero attached hydrogens (tertiary/aromatic N) is 1. The number of hydrogen-bond acceptors (Lipinski definition) is 1. The van der Waals surface area contributed by atoms with E-state index < -0.39 is 0 Å². The second-order valence-electron chi connectivity index (χ2n) is 0.908. The van der Waals surface area contributed by atoms with Crippen LogP contribution in [-0.2, 0) is 0 Å². The van der Waals surface area contributed by atoms with Crippen LogP contribution < -0.4 is 0 Å². The summed E-state index contributed by atoms with van der Waals surface area (Å²) < 4.78 is 1.12. The van der Waals surface area contributed by atoms with Gasteiger partial charge in [0.2, 0.25) is 0 Å². The second kappa shape index (κ2) is 4.49. The molecule has 0 atom stereocenters. The third kappa shape index (κ3) is 4.49. The van der Waals surface area contributed by atoms with Gasteiger partial charge in [-0.2, -0.15) is 0 Å². The van der Waals surface area contributed by atoms with Crippen molar-refractivity contribution in [1.82, 2.24) is 0 Å². The standard InChI is InChI=1S/C3H4N.Na/c1-2-3-4;/h1-2H2;. The van der Waals surface area contributed by atoms with E-state index in [-0.39, 0.29) is 0 Å². The molecule has 0 amide bonds. The van der Waals surface area contributed by atoms with Crippen LogP contribution in [0.3, 0.4) is 0 Å². The maximum atomic E-state index is 7.84. The van der Waals surface area contributed by atoms with Crippen LogP contribution in [0.4, 0.5) is 0 Å². The first-order valence-electron chi connectivity index (χ1n) is 1.78. The molecule has 0 N–H and O–H groups in total. The average molecular weight is 77.1 g/mol. The third-order valence-electron chi connectivity index (χ3n) is 0.362. The Labute approximate surface area is 49.4 Å². The van der Waals surface area contributed by atoms with E-state index in [9.17, 15) is 0 Å². The molecule has 22 valence electrons. The Kier molecular flexibility index (Phi) is 4.93. The van der Waals surface area contributed by atoms with Crippen LogP contribution in [-0.4, -0.2) is 27.9 Å². The van der Waals surface area contributed by atoms with Crippen LogP contribution in [0.1, 0.15) is 6.42 Å². The predicted octanol–water partition coefficient (Wildman–Crippen LogP) is 0.487. The zero-order valence-corrected chi connectivity index (χ0v) is 5.36. The number of nitriles is 1. The molecule has 0 aromatic heterocycles. The average Bonchev–Trinajstić information content (AvgIpc) is 1.41. The van der Waals surface area contributed by atoms with Crippen molar-refractivity contribution in [1.29, 1.82) is 5.26 Å². The van der Waals surface area contributed by atoms with E-state index in [4.69, 9.17) is 5.26 Å². The summed E-state index contributed by atoms with van der Waals surface area (Å²) in [6, 6.07) is 2.05. The van der Waals surface area contributed by atoms with Gasteiger partial charge in [0.1, 0.15) is 0 Å². The Hall–Kier alpha value is 0.490. The van der Waals surface area contributed by atoms with Crippen LogP contribution in [0, 0.1) is 11.3 Å². The Morgan fingerprint density at radius 1 is 1.80 bits per heavy atom. The van der Waals surface area contributed by atoms with Crippen LogP contribution in [0.5, 0.6) is 0 Å². The van der Waals surface area contributed by atoms with Gasteiger partial charge in [0, 0.05) is 0 Å². The van der Waals surface area contributed by atoms with E-state index in [0.29, 0.717) is 0 Å². The van der Waals surface area contributed by atoms with Gasteiger partial charge in [-0.15, -0.1) is 0 Å². The predicted molar refractivity (Wildman–Crippen MR) is 20.8 cm³/mol. The molecule has 0 spiro atoms. The normalized spacial score (nSPS) is 6.60. The molecule has 0 saturated heterocycles.